The van der Waals surface area contributed by atoms with Gasteiger partial charge in [0.15, 0.2) is 0 Å². The Morgan fingerprint density at radius 1 is 0.842 bits per heavy atom. The largest absolute Gasteiger partial charge is 0.410 e. The number of benzene rings is 2. The summed E-state index contributed by atoms with van der Waals surface area (Å²) in [5.74, 6) is 0. The summed E-state index contributed by atoms with van der Waals surface area (Å²) in [7, 11) is 0. The van der Waals surface area contributed by atoms with Crippen LogP contribution in [-0.4, -0.2) is 10.9 Å². The third-order valence-electron chi connectivity index (χ3n) is 2.63. The molecule has 0 aliphatic carbocycles. The normalized spacial score (nSPS) is 12.3. The van der Waals surface area contributed by atoms with E-state index in [1.807, 2.05) is 78.9 Å². The summed E-state index contributed by atoms with van der Waals surface area (Å²) in [6, 6.07) is 19.6. The zero-order valence-corrected chi connectivity index (χ0v) is 10.5. The number of oxime groups is 1. The van der Waals surface area contributed by atoms with Crippen LogP contribution in [0.2, 0.25) is 0 Å². The van der Waals surface area contributed by atoms with Crippen LogP contribution in [0.5, 0.6) is 0 Å². The maximum absolute atomic E-state index is 9.01. The summed E-state index contributed by atoms with van der Waals surface area (Å²) in [6.07, 6.45) is 7.55. The molecule has 0 spiro atoms. The second-order valence-electron chi connectivity index (χ2n) is 3.98. The van der Waals surface area contributed by atoms with Crippen molar-refractivity contribution in [3.8, 4) is 0 Å². The van der Waals surface area contributed by atoms with Crippen molar-refractivity contribution in [2.45, 2.75) is 0 Å². The van der Waals surface area contributed by atoms with Crippen molar-refractivity contribution in [2.24, 2.45) is 5.16 Å². The zero-order chi connectivity index (χ0) is 13.3. The molecule has 0 amide bonds. The minimum Gasteiger partial charge on any atom is -0.410 e. The van der Waals surface area contributed by atoms with Gasteiger partial charge in [-0.05, 0) is 11.6 Å². The smallest absolute Gasteiger partial charge is 0.109 e. The Morgan fingerprint density at radius 2 is 1.47 bits per heavy atom. The van der Waals surface area contributed by atoms with Gasteiger partial charge in [-0.3, -0.25) is 0 Å². The van der Waals surface area contributed by atoms with Crippen molar-refractivity contribution in [2.75, 3.05) is 0 Å². The molecule has 0 saturated carbocycles. The standard InChI is InChI=1S/C17H15NO/c19-18-17(16-12-5-2-6-13-16)14-8-7-11-15-9-3-1-4-10-15/h1-14,19H/b11-7+,14-8+,18-17+. The highest BCUT2D eigenvalue weighted by Crippen LogP contribution is 2.04. The van der Waals surface area contributed by atoms with Crippen LogP contribution in [0, 0.1) is 0 Å². The molecule has 2 heteroatoms. The summed E-state index contributed by atoms with van der Waals surface area (Å²) >= 11 is 0. The number of allylic oxidation sites excluding steroid dienone is 3. The Morgan fingerprint density at radius 3 is 2.11 bits per heavy atom. The molecule has 1 N–H and O–H groups in total. The maximum Gasteiger partial charge on any atom is 0.109 e. The third kappa shape index (κ3) is 3.96. The molecule has 2 rings (SSSR count). The van der Waals surface area contributed by atoms with Gasteiger partial charge in [0.05, 0.1) is 0 Å². The average Bonchev–Trinajstić information content (AvgIpc) is 2.49. The molecule has 0 aliphatic rings. The van der Waals surface area contributed by atoms with Crippen LogP contribution >= 0.6 is 0 Å². The first-order valence-electron chi connectivity index (χ1n) is 6.07. The predicted molar refractivity (Wildman–Crippen MR) is 79.4 cm³/mol. The fourth-order valence-corrected chi connectivity index (χ4v) is 1.67. The van der Waals surface area contributed by atoms with Crippen LogP contribution in [0.3, 0.4) is 0 Å². The minimum atomic E-state index is 0.540. The van der Waals surface area contributed by atoms with Gasteiger partial charge >= 0.3 is 0 Å². The molecule has 0 aliphatic heterocycles. The summed E-state index contributed by atoms with van der Waals surface area (Å²) < 4.78 is 0. The number of hydrogen-bond donors (Lipinski definition) is 1. The summed E-state index contributed by atoms with van der Waals surface area (Å²) in [4.78, 5) is 0. The van der Waals surface area contributed by atoms with Gasteiger partial charge in [0.1, 0.15) is 5.71 Å². The minimum absolute atomic E-state index is 0.540. The summed E-state index contributed by atoms with van der Waals surface area (Å²) in [5.41, 5.74) is 2.56. The molecule has 2 nitrogen and oxygen atoms in total. The van der Waals surface area contributed by atoms with Crippen LogP contribution in [0.15, 0.2) is 84.0 Å². The van der Waals surface area contributed by atoms with Crippen molar-refractivity contribution in [1.82, 2.24) is 0 Å². The average molecular weight is 249 g/mol. The van der Waals surface area contributed by atoms with Gasteiger partial charge in [0.2, 0.25) is 0 Å². The van der Waals surface area contributed by atoms with Crippen LogP contribution < -0.4 is 0 Å². The number of hydrogen-bond acceptors (Lipinski definition) is 2. The van der Waals surface area contributed by atoms with Crippen molar-refractivity contribution in [1.29, 1.82) is 0 Å². The fraction of sp³-hybridized carbons (Fsp3) is 0. The van der Waals surface area contributed by atoms with Crippen molar-refractivity contribution >= 4 is 11.8 Å². The molecule has 2 aromatic rings. The Bertz CT molecular complexity index is 583. The Hall–Kier alpha value is -2.61. The Kier molecular flexibility index (Phi) is 4.71. The van der Waals surface area contributed by atoms with E-state index in [4.69, 9.17) is 5.21 Å². The first kappa shape index (κ1) is 12.8. The van der Waals surface area contributed by atoms with E-state index in [9.17, 15) is 0 Å². The highest BCUT2D eigenvalue weighted by molar-refractivity contribution is 6.08. The highest BCUT2D eigenvalue weighted by atomic mass is 16.4. The molecule has 0 atom stereocenters. The summed E-state index contributed by atoms with van der Waals surface area (Å²) in [6.45, 7) is 0. The molecule has 0 saturated heterocycles. The van der Waals surface area contributed by atoms with Crippen LogP contribution in [0.1, 0.15) is 11.1 Å². The quantitative estimate of drug-likeness (QED) is 0.375. The molecule has 0 fully saturated rings. The van der Waals surface area contributed by atoms with E-state index >= 15 is 0 Å². The second kappa shape index (κ2) is 6.97. The van der Waals surface area contributed by atoms with Gasteiger partial charge in [0.25, 0.3) is 0 Å². The first-order chi connectivity index (χ1) is 9.40. The van der Waals surface area contributed by atoms with E-state index in [1.54, 1.807) is 6.08 Å². The molecule has 19 heavy (non-hydrogen) atoms. The molecular weight excluding hydrogens is 234 g/mol. The molecule has 0 radical (unpaired) electrons. The van der Waals surface area contributed by atoms with Gasteiger partial charge < -0.3 is 5.21 Å². The topological polar surface area (TPSA) is 32.6 Å². The lowest BCUT2D eigenvalue weighted by molar-refractivity contribution is 0.320. The van der Waals surface area contributed by atoms with Crippen LogP contribution in [0.25, 0.3) is 6.08 Å². The summed E-state index contributed by atoms with van der Waals surface area (Å²) in [5, 5.41) is 12.3. The molecular formula is C17H15NO. The van der Waals surface area contributed by atoms with E-state index in [-0.39, 0.29) is 0 Å². The number of nitrogens with zero attached hydrogens (tertiary/aromatic N) is 1. The molecule has 0 bridgehead atoms. The predicted octanol–water partition coefficient (Wildman–Crippen LogP) is 4.13. The molecule has 94 valence electrons. The van der Waals surface area contributed by atoms with E-state index < -0.39 is 0 Å². The number of rotatable bonds is 4. The van der Waals surface area contributed by atoms with Gasteiger partial charge in [-0.25, -0.2) is 0 Å². The lowest BCUT2D eigenvalue weighted by Crippen LogP contribution is -1.95. The Balaban J connectivity index is 2.04. The maximum atomic E-state index is 9.01. The van der Waals surface area contributed by atoms with Gasteiger partial charge in [-0.2, -0.15) is 0 Å². The molecule has 2 aromatic carbocycles. The molecule has 0 unspecified atom stereocenters. The van der Waals surface area contributed by atoms with Gasteiger partial charge in [-0.15, -0.1) is 0 Å². The monoisotopic (exact) mass is 249 g/mol. The van der Waals surface area contributed by atoms with Crippen LogP contribution in [0.4, 0.5) is 0 Å². The first-order valence-corrected chi connectivity index (χ1v) is 6.07. The lowest BCUT2D eigenvalue weighted by atomic mass is 10.1. The van der Waals surface area contributed by atoms with E-state index in [0.29, 0.717) is 5.71 Å². The van der Waals surface area contributed by atoms with Crippen LogP contribution in [-0.2, 0) is 0 Å². The van der Waals surface area contributed by atoms with Crippen molar-refractivity contribution in [3.63, 3.8) is 0 Å². The lowest BCUT2D eigenvalue weighted by Gasteiger charge is -1.97. The van der Waals surface area contributed by atoms with E-state index in [2.05, 4.69) is 5.16 Å². The molecule has 0 aromatic heterocycles. The highest BCUT2D eigenvalue weighted by Gasteiger charge is 1.97. The fourth-order valence-electron chi connectivity index (χ4n) is 1.67. The van der Waals surface area contributed by atoms with Crippen molar-refractivity contribution in [3.05, 3.63) is 90.0 Å². The van der Waals surface area contributed by atoms with E-state index in [1.165, 1.54) is 0 Å². The third-order valence-corrected chi connectivity index (χ3v) is 2.63. The zero-order valence-electron chi connectivity index (χ0n) is 10.5. The van der Waals surface area contributed by atoms with Gasteiger partial charge in [-0.1, -0.05) is 84.0 Å². The SMILES string of the molecule is O\N=C(/C=C/C=C/c1ccccc1)c1ccccc1. The van der Waals surface area contributed by atoms with Gasteiger partial charge in [0, 0.05) is 5.56 Å². The Labute approximate surface area is 113 Å². The van der Waals surface area contributed by atoms with Crippen molar-refractivity contribution < 1.29 is 5.21 Å². The van der Waals surface area contributed by atoms with E-state index in [0.717, 1.165) is 11.1 Å². The second-order valence-corrected chi connectivity index (χ2v) is 3.98. The molecule has 0 heterocycles.